The van der Waals surface area contributed by atoms with Crippen molar-refractivity contribution in [3.63, 3.8) is 0 Å². The lowest BCUT2D eigenvalue weighted by atomic mass is 9.91. The summed E-state index contributed by atoms with van der Waals surface area (Å²) in [6, 6.07) is 0. The van der Waals surface area contributed by atoms with Crippen LogP contribution in [0.4, 0.5) is 0 Å². The fourth-order valence-corrected chi connectivity index (χ4v) is 1.05. The van der Waals surface area contributed by atoms with E-state index in [0.29, 0.717) is 0 Å². The lowest BCUT2D eigenvalue weighted by Crippen LogP contribution is -2.07. The summed E-state index contributed by atoms with van der Waals surface area (Å²) in [4.78, 5) is 10.0. The second-order valence-corrected chi connectivity index (χ2v) is 2.24. The Hall–Kier alpha value is -0.330. The van der Waals surface area contributed by atoms with Crippen LogP contribution in [0.15, 0.2) is 0 Å². The van der Waals surface area contributed by atoms with E-state index in [-0.39, 0.29) is 5.92 Å². The van der Waals surface area contributed by atoms with E-state index >= 15 is 0 Å². The fraction of sp³-hybridized carbons (Fsp3) is 0.714. The molecule has 0 amide bonds. The summed E-state index contributed by atoms with van der Waals surface area (Å²) in [5.41, 5.74) is 0. The molecule has 1 fully saturated rings. The number of rotatable bonds is 1. The van der Waals surface area contributed by atoms with Crippen molar-refractivity contribution in [3.05, 3.63) is 6.42 Å². The molecule has 8 heavy (non-hydrogen) atoms. The Morgan fingerprint density at radius 3 is 2.75 bits per heavy atom. The van der Waals surface area contributed by atoms with Gasteiger partial charge in [0.2, 0.25) is 6.29 Å². The Morgan fingerprint density at radius 2 is 2.38 bits per heavy atom. The maximum atomic E-state index is 10.0. The molecular weight excluding hydrogens is 100 g/mol. The van der Waals surface area contributed by atoms with E-state index < -0.39 is 0 Å². The second kappa shape index (κ2) is 2.85. The van der Waals surface area contributed by atoms with Crippen molar-refractivity contribution in [2.75, 3.05) is 0 Å². The molecule has 0 heterocycles. The van der Waals surface area contributed by atoms with Gasteiger partial charge in [-0.2, -0.15) is 0 Å². The Morgan fingerprint density at radius 1 is 1.50 bits per heavy atom. The molecule has 0 N–H and O–H groups in total. The van der Waals surface area contributed by atoms with Crippen LogP contribution in [-0.4, -0.2) is 6.29 Å². The fourth-order valence-electron chi connectivity index (χ4n) is 1.05. The molecule has 1 rings (SSSR count). The first-order valence-corrected chi connectivity index (χ1v) is 3.14. The van der Waals surface area contributed by atoms with Crippen molar-refractivity contribution >= 4 is 6.29 Å². The Labute approximate surface area is 50.1 Å². The molecule has 1 aliphatic carbocycles. The maximum absolute atomic E-state index is 10.0. The molecule has 0 saturated heterocycles. The average molecular weight is 110 g/mol. The van der Waals surface area contributed by atoms with Crippen LogP contribution in [0.25, 0.3) is 0 Å². The molecule has 1 saturated carbocycles. The summed E-state index contributed by atoms with van der Waals surface area (Å²) < 4.78 is 0. The molecule has 0 aromatic heterocycles. The van der Waals surface area contributed by atoms with Gasteiger partial charge in [-0.3, -0.25) is 4.79 Å². The van der Waals surface area contributed by atoms with E-state index in [1.165, 1.54) is 12.8 Å². The summed E-state index contributed by atoms with van der Waals surface area (Å²) in [6.07, 6.45) is 8.67. The van der Waals surface area contributed by atoms with Crippen molar-refractivity contribution in [1.29, 1.82) is 0 Å². The van der Waals surface area contributed by atoms with E-state index in [4.69, 9.17) is 0 Å². The smallest absolute Gasteiger partial charge is 0.202 e. The monoisotopic (exact) mass is 110 g/mol. The van der Waals surface area contributed by atoms with Crippen LogP contribution in [-0.2, 0) is 4.79 Å². The third-order valence-corrected chi connectivity index (χ3v) is 1.57. The van der Waals surface area contributed by atoms with Gasteiger partial charge in [-0.25, -0.2) is 0 Å². The molecule has 44 valence electrons. The number of carbonyl (C=O) groups excluding carboxylic acids is 1. The van der Waals surface area contributed by atoms with Crippen LogP contribution in [0, 0.1) is 12.3 Å². The molecule has 1 heteroatoms. The predicted molar refractivity (Wildman–Crippen MR) is 32.0 cm³/mol. The average Bonchev–Trinajstić information content (AvgIpc) is 1.90. The zero-order valence-electron chi connectivity index (χ0n) is 4.89. The van der Waals surface area contributed by atoms with Gasteiger partial charge >= 0.3 is 0 Å². The van der Waals surface area contributed by atoms with Crippen LogP contribution in [0.5, 0.6) is 0 Å². The van der Waals surface area contributed by atoms with E-state index in [2.05, 4.69) is 6.42 Å². The van der Waals surface area contributed by atoms with Gasteiger partial charge in [0.25, 0.3) is 0 Å². The summed E-state index contributed by atoms with van der Waals surface area (Å²) in [6.45, 7) is 0. The van der Waals surface area contributed by atoms with Crippen molar-refractivity contribution < 1.29 is 4.79 Å². The van der Waals surface area contributed by atoms with E-state index in [1.54, 1.807) is 0 Å². The minimum Gasteiger partial charge on any atom is -0.291 e. The topological polar surface area (TPSA) is 17.1 Å². The highest BCUT2D eigenvalue weighted by Crippen LogP contribution is 2.20. The molecule has 1 nitrogen and oxygen atoms in total. The molecule has 0 aromatic rings. The highest BCUT2D eigenvalue weighted by atomic mass is 16.1. The van der Waals surface area contributed by atoms with Crippen molar-refractivity contribution in [3.8, 4) is 0 Å². The molecule has 1 unspecified atom stereocenters. The molecular formula is C7H10O. The zero-order chi connectivity index (χ0) is 5.82. The Balaban J connectivity index is 2.22. The molecule has 1 atom stereocenters. The Bertz CT molecular complexity index is 72.5. The molecule has 0 aromatic carbocycles. The van der Waals surface area contributed by atoms with Gasteiger partial charge in [0.05, 0.1) is 0 Å². The van der Waals surface area contributed by atoms with Crippen LogP contribution in [0.1, 0.15) is 25.7 Å². The molecule has 0 bridgehead atoms. The SMILES string of the molecule is O=[C]C1[CH]CCCC1. The van der Waals surface area contributed by atoms with Crippen LogP contribution >= 0.6 is 0 Å². The van der Waals surface area contributed by atoms with Gasteiger partial charge in [0.15, 0.2) is 0 Å². The summed E-state index contributed by atoms with van der Waals surface area (Å²) in [7, 11) is 0. The van der Waals surface area contributed by atoms with Crippen LogP contribution in [0.3, 0.4) is 0 Å². The molecule has 0 spiro atoms. The van der Waals surface area contributed by atoms with Gasteiger partial charge in [-0.05, 0) is 19.3 Å². The lowest BCUT2D eigenvalue weighted by Gasteiger charge is -2.13. The second-order valence-electron chi connectivity index (χ2n) is 2.24. The number of hydrogen-bond acceptors (Lipinski definition) is 1. The minimum absolute atomic E-state index is 0.156. The standard InChI is InChI=1S/C7H10O/c8-6-7-4-2-1-3-5-7/h4,7H,1-3,5H2. The molecule has 1 aliphatic rings. The number of hydrogen-bond donors (Lipinski definition) is 0. The summed E-state index contributed by atoms with van der Waals surface area (Å²) >= 11 is 0. The zero-order valence-corrected chi connectivity index (χ0v) is 4.89. The van der Waals surface area contributed by atoms with Gasteiger partial charge < -0.3 is 0 Å². The van der Waals surface area contributed by atoms with Crippen molar-refractivity contribution in [1.82, 2.24) is 0 Å². The molecule has 2 radical (unpaired) electrons. The van der Waals surface area contributed by atoms with Crippen molar-refractivity contribution in [2.45, 2.75) is 25.7 Å². The maximum Gasteiger partial charge on any atom is 0.202 e. The predicted octanol–water partition coefficient (Wildman–Crippen LogP) is 1.49. The first-order valence-electron chi connectivity index (χ1n) is 3.14. The quantitative estimate of drug-likeness (QED) is 0.499. The summed E-state index contributed by atoms with van der Waals surface area (Å²) in [5.74, 6) is 0.156. The lowest BCUT2D eigenvalue weighted by molar-refractivity contribution is 0.481. The normalized spacial score (nSPS) is 23.0. The van der Waals surface area contributed by atoms with Gasteiger partial charge in [-0.15, -0.1) is 0 Å². The largest absolute Gasteiger partial charge is 0.291 e. The minimum atomic E-state index is 0.156. The third kappa shape index (κ3) is 1.32. The highest BCUT2D eigenvalue weighted by Gasteiger charge is 2.11. The van der Waals surface area contributed by atoms with Crippen LogP contribution < -0.4 is 0 Å². The Kier molecular flexibility index (Phi) is 2.07. The first-order chi connectivity index (χ1) is 3.93. The highest BCUT2D eigenvalue weighted by molar-refractivity contribution is 5.56. The first kappa shape index (κ1) is 5.80. The van der Waals surface area contributed by atoms with Gasteiger partial charge in [-0.1, -0.05) is 12.8 Å². The third-order valence-electron chi connectivity index (χ3n) is 1.57. The van der Waals surface area contributed by atoms with E-state index in [9.17, 15) is 4.79 Å². The van der Waals surface area contributed by atoms with Gasteiger partial charge in [0.1, 0.15) is 0 Å². The summed E-state index contributed by atoms with van der Waals surface area (Å²) in [5, 5.41) is 0. The molecule has 0 aliphatic heterocycles. The van der Waals surface area contributed by atoms with E-state index in [0.717, 1.165) is 12.8 Å². The van der Waals surface area contributed by atoms with Gasteiger partial charge in [0, 0.05) is 5.92 Å². The van der Waals surface area contributed by atoms with Crippen LogP contribution in [0.2, 0.25) is 0 Å². The van der Waals surface area contributed by atoms with Crippen molar-refractivity contribution in [2.24, 2.45) is 5.92 Å². The van der Waals surface area contributed by atoms with E-state index in [1.807, 2.05) is 6.29 Å².